The molecule has 1 aromatic heterocycles. The molecule has 5 rings (SSSR count). The van der Waals surface area contributed by atoms with Crippen LogP contribution in [0.15, 0.2) is 41.3 Å². The van der Waals surface area contributed by atoms with Crippen LogP contribution >= 0.6 is 11.3 Å². The predicted octanol–water partition coefficient (Wildman–Crippen LogP) is 4.79. The molecule has 31 heavy (non-hydrogen) atoms. The van der Waals surface area contributed by atoms with E-state index in [0.717, 1.165) is 30.6 Å². The first-order valence-electron chi connectivity index (χ1n) is 11.4. The number of aliphatic hydroxyl groups excluding tert-OH is 1. The molecule has 0 amide bonds. The number of fused-ring (bicyclic) bond motifs is 3. The van der Waals surface area contributed by atoms with Crippen LogP contribution in [0.3, 0.4) is 0 Å². The van der Waals surface area contributed by atoms with Crippen molar-refractivity contribution in [2.75, 3.05) is 13.2 Å². The SMILES string of the molecule is C=C1CC[C@@H]2[C@]3(C)COC(c4cccs4)O[C@@H]3CC[C@@]2(C)[C@@H]1CC(O)C1=CCOC1=O. The summed E-state index contributed by atoms with van der Waals surface area (Å²) in [5, 5.41) is 12.9. The second-order valence-corrected chi connectivity index (χ2v) is 11.1. The molecule has 2 saturated carbocycles. The molecule has 1 N–H and O–H groups in total. The summed E-state index contributed by atoms with van der Waals surface area (Å²) in [6.45, 7) is 10.0. The van der Waals surface area contributed by atoms with Crippen LogP contribution in [0.1, 0.15) is 57.1 Å². The molecule has 0 spiro atoms. The normalized spacial score (nSPS) is 41.2. The third kappa shape index (κ3) is 3.43. The maximum absolute atomic E-state index is 12.0. The van der Waals surface area contributed by atoms with Crippen molar-refractivity contribution in [3.63, 3.8) is 0 Å². The smallest absolute Gasteiger partial charge is 0.336 e. The van der Waals surface area contributed by atoms with E-state index >= 15 is 0 Å². The second-order valence-electron chi connectivity index (χ2n) is 10.1. The largest absolute Gasteiger partial charge is 0.458 e. The van der Waals surface area contributed by atoms with Crippen molar-refractivity contribution < 1.29 is 24.1 Å². The van der Waals surface area contributed by atoms with Gasteiger partial charge in [-0.2, -0.15) is 0 Å². The van der Waals surface area contributed by atoms with Crippen LogP contribution in [0.4, 0.5) is 0 Å². The number of cyclic esters (lactones) is 1. The van der Waals surface area contributed by atoms with E-state index in [1.807, 2.05) is 6.07 Å². The highest BCUT2D eigenvalue weighted by molar-refractivity contribution is 7.10. The molecular weight excluding hydrogens is 412 g/mol. The molecule has 2 aliphatic carbocycles. The minimum Gasteiger partial charge on any atom is -0.458 e. The Morgan fingerprint density at radius 1 is 1.32 bits per heavy atom. The molecule has 0 aromatic carbocycles. The van der Waals surface area contributed by atoms with Crippen molar-refractivity contribution in [3.8, 4) is 0 Å². The molecule has 4 aliphatic rings. The van der Waals surface area contributed by atoms with E-state index in [1.165, 1.54) is 5.57 Å². The van der Waals surface area contributed by atoms with Gasteiger partial charge in [-0.25, -0.2) is 4.79 Å². The van der Waals surface area contributed by atoms with Crippen LogP contribution in [0.25, 0.3) is 0 Å². The van der Waals surface area contributed by atoms with Crippen molar-refractivity contribution in [2.45, 2.75) is 64.4 Å². The molecule has 1 saturated heterocycles. The predicted molar refractivity (Wildman–Crippen MR) is 118 cm³/mol. The van der Waals surface area contributed by atoms with E-state index in [0.29, 0.717) is 24.5 Å². The fourth-order valence-corrected chi connectivity index (χ4v) is 7.54. The highest BCUT2D eigenvalue weighted by Gasteiger charge is 2.60. The van der Waals surface area contributed by atoms with E-state index in [9.17, 15) is 9.90 Å². The number of hydrogen-bond acceptors (Lipinski definition) is 6. The van der Waals surface area contributed by atoms with E-state index in [2.05, 4.69) is 31.9 Å². The minimum absolute atomic E-state index is 0.00682. The molecule has 6 heteroatoms. The summed E-state index contributed by atoms with van der Waals surface area (Å²) in [6, 6.07) is 4.12. The van der Waals surface area contributed by atoms with Gasteiger partial charge in [-0.3, -0.25) is 0 Å². The van der Waals surface area contributed by atoms with Crippen LogP contribution in [0.5, 0.6) is 0 Å². The zero-order chi connectivity index (χ0) is 21.8. The number of ether oxygens (including phenoxy) is 3. The van der Waals surface area contributed by atoms with Crippen molar-refractivity contribution >= 4 is 17.3 Å². The lowest BCUT2D eigenvalue weighted by molar-refractivity contribution is -0.306. The maximum atomic E-state index is 12.0. The Morgan fingerprint density at radius 2 is 2.16 bits per heavy atom. The van der Waals surface area contributed by atoms with E-state index in [1.54, 1.807) is 17.4 Å². The first-order valence-corrected chi connectivity index (χ1v) is 12.2. The summed E-state index contributed by atoms with van der Waals surface area (Å²) in [6.07, 6.45) is 5.33. The number of aliphatic hydroxyl groups is 1. The topological polar surface area (TPSA) is 65.0 Å². The lowest BCUT2D eigenvalue weighted by Gasteiger charge is -2.62. The summed E-state index contributed by atoms with van der Waals surface area (Å²) in [5.41, 5.74) is 1.52. The van der Waals surface area contributed by atoms with Gasteiger partial charge < -0.3 is 19.3 Å². The molecule has 2 unspecified atom stereocenters. The summed E-state index contributed by atoms with van der Waals surface area (Å²) >= 11 is 1.68. The average molecular weight is 445 g/mol. The van der Waals surface area contributed by atoms with Gasteiger partial charge in [-0.15, -0.1) is 11.3 Å². The monoisotopic (exact) mass is 444 g/mol. The fraction of sp³-hybridized carbons (Fsp3) is 0.640. The van der Waals surface area contributed by atoms with Gasteiger partial charge in [0, 0.05) is 5.41 Å². The Balaban J connectivity index is 1.38. The van der Waals surface area contributed by atoms with Gasteiger partial charge in [0.1, 0.15) is 6.61 Å². The molecular formula is C25H32O5S. The Labute approximate surface area is 188 Å². The minimum atomic E-state index is -0.806. The van der Waals surface area contributed by atoms with E-state index in [-0.39, 0.29) is 41.7 Å². The van der Waals surface area contributed by atoms with Crippen LogP contribution in [0, 0.1) is 22.7 Å². The van der Waals surface area contributed by atoms with Crippen molar-refractivity contribution in [1.29, 1.82) is 0 Å². The summed E-state index contributed by atoms with van der Waals surface area (Å²) in [5.74, 6) is 0.179. The van der Waals surface area contributed by atoms with Gasteiger partial charge in [0.2, 0.25) is 0 Å². The molecule has 0 bridgehead atoms. The van der Waals surface area contributed by atoms with Gasteiger partial charge >= 0.3 is 5.97 Å². The highest BCUT2D eigenvalue weighted by Crippen LogP contribution is 2.64. The van der Waals surface area contributed by atoms with Crippen LogP contribution < -0.4 is 0 Å². The van der Waals surface area contributed by atoms with E-state index < -0.39 is 6.10 Å². The number of carbonyl (C=O) groups is 1. The zero-order valence-electron chi connectivity index (χ0n) is 18.3. The van der Waals surface area contributed by atoms with Crippen molar-refractivity contribution in [1.82, 2.24) is 0 Å². The van der Waals surface area contributed by atoms with Gasteiger partial charge in [-0.1, -0.05) is 32.1 Å². The Morgan fingerprint density at radius 3 is 2.87 bits per heavy atom. The van der Waals surface area contributed by atoms with Crippen LogP contribution in [0.2, 0.25) is 0 Å². The molecule has 7 atom stereocenters. The number of thiophene rings is 1. The van der Waals surface area contributed by atoms with Gasteiger partial charge in [0.15, 0.2) is 6.29 Å². The highest BCUT2D eigenvalue weighted by atomic mass is 32.1. The summed E-state index contributed by atoms with van der Waals surface area (Å²) in [4.78, 5) is 13.1. The third-order valence-corrected chi connectivity index (χ3v) is 9.39. The fourth-order valence-electron chi connectivity index (χ4n) is 6.84. The van der Waals surface area contributed by atoms with Crippen molar-refractivity contribution in [2.24, 2.45) is 22.7 Å². The molecule has 3 fully saturated rings. The van der Waals surface area contributed by atoms with Gasteiger partial charge in [0.05, 0.1) is 29.3 Å². The number of allylic oxidation sites excluding steroid dienone is 1. The standard InChI is InChI=1S/C25H32O5S/c1-15-6-7-20-24(2,17(15)13-18(26)16-9-11-28-22(16)27)10-8-21-25(20,3)14-29-23(30-21)19-5-4-12-31-19/h4-5,9,12,17-18,20-21,23,26H,1,6-8,10-11,13-14H2,2-3H3/t17-,18?,20+,21-,23?,24+,25+/m1/s1. The Hall–Kier alpha value is -1.47. The Bertz CT molecular complexity index is 892. The number of rotatable bonds is 4. The summed E-state index contributed by atoms with van der Waals surface area (Å²) in [7, 11) is 0. The number of carbonyl (C=O) groups excluding carboxylic acids is 1. The lowest BCUT2D eigenvalue weighted by Crippen LogP contribution is -2.60. The van der Waals surface area contributed by atoms with Crippen LogP contribution in [-0.2, 0) is 19.0 Å². The van der Waals surface area contributed by atoms with Crippen LogP contribution in [-0.4, -0.2) is 36.5 Å². The molecule has 5 nitrogen and oxygen atoms in total. The first-order chi connectivity index (χ1) is 14.8. The molecule has 0 radical (unpaired) electrons. The lowest BCUT2D eigenvalue weighted by atomic mass is 9.45. The quantitative estimate of drug-likeness (QED) is 0.535. The summed E-state index contributed by atoms with van der Waals surface area (Å²) < 4.78 is 17.8. The third-order valence-electron chi connectivity index (χ3n) is 8.50. The van der Waals surface area contributed by atoms with Crippen molar-refractivity contribution in [3.05, 3.63) is 46.2 Å². The molecule has 168 valence electrons. The number of hydrogen-bond donors (Lipinski definition) is 1. The van der Waals surface area contributed by atoms with E-state index in [4.69, 9.17) is 14.2 Å². The molecule has 1 aromatic rings. The average Bonchev–Trinajstić information content (AvgIpc) is 3.42. The molecule has 2 aliphatic heterocycles. The van der Waals surface area contributed by atoms with Gasteiger partial charge in [-0.05, 0) is 66.9 Å². The Kier molecular flexibility index (Phi) is 5.40. The maximum Gasteiger partial charge on any atom is 0.336 e. The second kappa shape index (κ2) is 7.84. The number of esters is 1. The zero-order valence-corrected chi connectivity index (χ0v) is 19.2. The molecule has 3 heterocycles. The van der Waals surface area contributed by atoms with Gasteiger partial charge in [0.25, 0.3) is 0 Å². The first kappa shape index (κ1) is 21.4.